The molecule has 2 aromatic carbocycles. The number of benzene rings is 2. The van der Waals surface area contributed by atoms with Crippen LogP contribution in [0.2, 0.25) is 10.0 Å². The first-order valence-electron chi connectivity index (χ1n) is 6.20. The largest absolute Gasteiger partial charge is 0.492 e. The van der Waals surface area contributed by atoms with E-state index in [9.17, 15) is 4.39 Å². The molecule has 0 aliphatic rings. The number of hydrogen-bond acceptors (Lipinski definition) is 2. The SMILES string of the molecule is CCOc1c(Cl)cc(Cl)cc1CNc1ccc(F)cc1. The number of anilines is 1. The molecule has 2 aromatic rings. The van der Waals surface area contributed by atoms with Crippen molar-refractivity contribution >= 4 is 28.9 Å². The van der Waals surface area contributed by atoms with Crippen molar-refractivity contribution in [3.05, 3.63) is 57.8 Å². The first kappa shape index (κ1) is 14.9. The maximum atomic E-state index is 12.8. The van der Waals surface area contributed by atoms with E-state index >= 15 is 0 Å². The van der Waals surface area contributed by atoms with Gasteiger partial charge in [0.15, 0.2) is 0 Å². The smallest absolute Gasteiger partial charge is 0.142 e. The second-order valence-corrected chi connectivity index (χ2v) is 5.01. The van der Waals surface area contributed by atoms with Crippen molar-refractivity contribution in [1.29, 1.82) is 0 Å². The zero-order valence-corrected chi connectivity index (χ0v) is 12.4. The van der Waals surface area contributed by atoms with Gasteiger partial charge in [-0.3, -0.25) is 0 Å². The molecule has 20 heavy (non-hydrogen) atoms. The van der Waals surface area contributed by atoms with Crippen LogP contribution in [0.4, 0.5) is 10.1 Å². The average molecular weight is 314 g/mol. The Morgan fingerprint density at radius 3 is 2.50 bits per heavy atom. The molecule has 106 valence electrons. The molecular weight excluding hydrogens is 300 g/mol. The molecular formula is C15H14Cl2FNO. The summed E-state index contributed by atoms with van der Waals surface area (Å²) in [5, 5.41) is 4.21. The number of nitrogens with one attached hydrogen (secondary N) is 1. The van der Waals surface area contributed by atoms with Gasteiger partial charge in [-0.25, -0.2) is 4.39 Å². The van der Waals surface area contributed by atoms with Crippen molar-refractivity contribution in [2.24, 2.45) is 0 Å². The van der Waals surface area contributed by atoms with Crippen LogP contribution in [0.3, 0.4) is 0 Å². The van der Waals surface area contributed by atoms with Gasteiger partial charge in [0.25, 0.3) is 0 Å². The lowest BCUT2D eigenvalue weighted by Crippen LogP contribution is -2.04. The molecule has 0 fully saturated rings. The maximum Gasteiger partial charge on any atom is 0.142 e. The second kappa shape index (κ2) is 6.82. The average Bonchev–Trinajstić information content (AvgIpc) is 2.41. The number of halogens is 3. The Kier molecular flexibility index (Phi) is 5.10. The van der Waals surface area contributed by atoms with Gasteiger partial charge >= 0.3 is 0 Å². The minimum atomic E-state index is -0.267. The van der Waals surface area contributed by atoms with Crippen molar-refractivity contribution in [3.8, 4) is 5.75 Å². The molecule has 0 saturated carbocycles. The molecule has 0 radical (unpaired) electrons. The van der Waals surface area contributed by atoms with Gasteiger partial charge in [-0.2, -0.15) is 0 Å². The molecule has 0 heterocycles. The number of hydrogen-bond donors (Lipinski definition) is 1. The summed E-state index contributed by atoms with van der Waals surface area (Å²) >= 11 is 12.1. The van der Waals surface area contributed by atoms with Crippen LogP contribution in [0.25, 0.3) is 0 Å². The van der Waals surface area contributed by atoms with Gasteiger partial charge in [-0.1, -0.05) is 23.2 Å². The zero-order chi connectivity index (χ0) is 14.5. The number of ether oxygens (including phenoxy) is 1. The van der Waals surface area contributed by atoms with E-state index in [1.165, 1.54) is 12.1 Å². The lowest BCUT2D eigenvalue weighted by Gasteiger charge is -2.14. The molecule has 0 saturated heterocycles. The van der Waals surface area contributed by atoms with Gasteiger partial charge in [0.05, 0.1) is 11.6 Å². The first-order valence-corrected chi connectivity index (χ1v) is 6.96. The zero-order valence-electron chi connectivity index (χ0n) is 10.9. The Labute approximate surface area is 127 Å². The van der Waals surface area contributed by atoms with Crippen molar-refractivity contribution in [1.82, 2.24) is 0 Å². The van der Waals surface area contributed by atoms with Crippen LogP contribution in [-0.4, -0.2) is 6.61 Å². The fourth-order valence-electron chi connectivity index (χ4n) is 1.82. The predicted molar refractivity (Wildman–Crippen MR) is 81.4 cm³/mol. The third-order valence-electron chi connectivity index (χ3n) is 2.70. The molecule has 0 unspecified atom stereocenters. The molecule has 0 amide bonds. The summed E-state index contributed by atoms with van der Waals surface area (Å²) in [7, 11) is 0. The van der Waals surface area contributed by atoms with Gasteiger partial charge in [0.2, 0.25) is 0 Å². The van der Waals surface area contributed by atoms with Crippen LogP contribution in [0.1, 0.15) is 12.5 Å². The summed E-state index contributed by atoms with van der Waals surface area (Å²) < 4.78 is 18.4. The molecule has 0 aromatic heterocycles. The van der Waals surface area contributed by atoms with E-state index < -0.39 is 0 Å². The van der Waals surface area contributed by atoms with Gasteiger partial charge < -0.3 is 10.1 Å². The summed E-state index contributed by atoms with van der Waals surface area (Å²) in [6, 6.07) is 9.58. The van der Waals surface area contributed by atoms with Crippen LogP contribution in [0, 0.1) is 5.82 Å². The van der Waals surface area contributed by atoms with E-state index in [4.69, 9.17) is 27.9 Å². The summed E-state index contributed by atoms with van der Waals surface area (Å²) in [6.45, 7) is 2.90. The fraction of sp³-hybridized carbons (Fsp3) is 0.200. The summed E-state index contributed by atoms with van der Waals surface area (Å²) in [5.74, 6) is 0.351. The minimum absolute atomic E-state index is 0.267. The molecule has 0 spiro atoms. The third-order valence-corrected chi connectivity index (χ3v) is 3.20. The highest BCUT2D eigenvalue weighted by molar-refractivity contribution is 6.35. The van der Waals surface area contributed by atoms with Crippen LogP contribution < -0.4 is 10.1 Å². The quantitative estimate of drug-likeness (QED) is 0.824. The molecule has 0 aliphatic carbocycles. The van der Waals surface area contributed by atoms with Crippen molar-refractivity contribution in [3.63, 3.8) is 0 Å². The van der Waals surface area contributed by atoms with Gasteiger partial charge in [0.1, 0.15) is 11.6 Å². The monoisotopic (exact) mass is 313 g/mol. The lowest BCUT2D eigenvalue weighted by molar-refractivity contribution is 0.337. The molecule has 2 rings (SSSR count). The molecule has 0 atom stereocenters. The van der Waals surface area contributed by atoms with E-state index in [0.29, 0.717) is 28.9 Å². The van der Waals surface area contributed by atoms with E-state index in [1.807, 2.05) is 6.92 Å². The van der Waals surface area contributed by atoms with E-state index in [-0.39, 0.29) is 5.82 Å². The first-order chi connectivity index (χ1) is 9.60. The maximum absolute atomic E-state index is 12.8. The van der Waals surface area contributed by atoms with E-state index in [0.717, 1.165) is 11.3 Å². The Morgan fingerprint density at radius 2 is 1.85 bits per heavy atom. The highest BCUT2D eigenvalue weighted by atomic mass is 35.5. The van der Waals surface area contributed by atoms with E-state index in [1.54, 1.807) is 24.3 Å². The standard InChI is InChI=1S/C15H14Cl2FNO/c1-2-20-15-10(7-11(16)8-14(15)17)9-19-13-5-3-12(18)4-6-13/h3-8,19H,2,9H2,1H3. The van der Waals surface area contributed by atoms with Crippen molar-refractivity contribution in [2.45, 2.75) is 13.5 Å². The molecule has 5 heteroatoms. The summed E-state index contributed by atoms with van der Waals surface area (Å²) in [6.07, 6.45) is 0. The fourth-order valence-corrected chi connectivity index (χ4v) is 2.41. The molecule has 0 aliphatic heterocycles. The van der Waals surface area contributed by atoms with Crippen molar-refractivity contribution < 1.29 is 9.13 Å². The predicted octanol–water partition coefficient (Wildman–Crippen LogP) is 5.14. The van der Waals surface area contributed by atoms with Crippen LogP contribution in [-0.2, 0) is 6.54 Å². The second-order valence-electron chi connectivity index (χ2n) is 4.17. The highest BCUT2D eigenvalue weighted by Gasteiger charge is 2.10. The molecule has 1 N–H and O–H groups in total. The third kappa shape index (κ3) is 3.78. The summed E-state index contributed by atoms with van der Waals surface area (Å²) in [4.78, 5) is 0. The Hall–Kier alpha value is -1.45. The Bertz CT molecular complexity index is 587. The lowest BCUT2D eigenvalue weighted by atomic mass is 10.2. The van der Waals surface area contributed by atoms with Crippen LogP contribution in [0.15, 0.2) is 36.4 Å². The number of rotatable bonds is 5. The topological polar surface area (TPSA) is 21.3 Å². The van der Waals surface area contributed by atoms with Gasteiger partial charge in [0, 0.05) is 22.8 Å². The minimum Gasteiger partial charge on any atom is -0.492 e. The summed E-state index contributed by atoms with van der Waals surface area (Å²) in [5.41, 5.74) is 1.67. The van der Waals surface area contributed by atoms with Gasteiger partial charge in [-0.15, -0.1) is 0 Å². The van der Waals surface area contributed by atoms with Crippen LogP contribution in [0.5, 0.6) is 5.75 Å². The highest BCUT2D eigenvalue weighted by Crippen LogP contribution is 2.33. The van der Waals surface area contributed by atoms with Gasteiger partial charge in [-0.05, 0) is 43.3 Å². The van der Waals surface area contributed by atoms with E-state index in [2.05, 4.69) is 5.32 Å². The Morgan fingerprint density at radius 1 is 1.15 bits per heavy atom. The molecule has 0 bridgehead atoms. The van der Waals surface area contributed by atoms with Crippen LogP contribution >= 0.6 is 23.2 Å². The molecule has 2 nitrogen and oxygen atoms in total. The normalized spacial score (nSPS) is 10.4. The Balaban J connectivity index is 2.17. The van der Waals surface area contributed by atoms with Crippen molar-refractivity contribution in [2.75, 3.05) is 11.9 Å².